The van der Waals surface area contributed by atoms with Crippen LogP contribution in [0.15, 0.2) is 54.0 Å². The summed E-state index contributed by atoms with van der Waals surface area (Å²) in [5.41, 5.74) is 1.11. The standard InChI is InChI=1S/C21H20ClN5O2S/c22-14-6-5-9-16(12-14)27(21(29)18-13-30-26-25-18)19(17-10-3-4-11-23-17)20(28)24-15-7-1-2-8-15/h3-6,9-13,15,19H,1-2,7-8H2,(H,24,28). The van der Waals surface area contributed by atoms with E-state index in [1.807, 2.05) is 0 Å². The van der Waals surface area contributed by atoms with Crippen LogP contribution >= 0.6 is 23.1 Å². The molecule has 0 radical (unpaired) electrons. The van der Waals surface area contributed by atoms with Crippen molar-refractivity contribution in [1.29, 1.82) is 0 Å². The second-order valence-electron chi connectivity index (χ2n) is 7.09. The zero-order chi connectivity index (χ0) is 20.9. The van der Waals surface area contributed by atoms with Crippen LogP contribution in [0.25, 0.3) is 0 Å². The molecule has 1 saturated carbocycles. The van der Waals surface area contributed by atoms with E-state index in [0.29, 0.717) is 16.4 Å². The van der Waals surface area contributed by atoms with Crippen molar-refractivity contribution in [3.8, 4) is 0 Å². The monoisotopic (exact) mass is 441 g/mol. The molecule has 0 bridgehead atoms. The fourth-order valence-electron chi connectivity index (χ4n) is 3.66. The molecule has 1 aliphatic carbocycles. The van der Waals surface area contributed by atoms with Crippen molar-refractivity contribution in [3.05, 3.63) is 70.5 Å². The van der Waals surface area contributed by atoms with E-state index in [1.54, 1.807) is 54.0 Å². The molecule has 0 saturated heterocycles. The number of anilines is 1. The Morgan fingerprint density at radius 3 is 2.67 bits per heavy atom. The number of amides is 2. The minimum atomic E-state index is -0.973. The van der Waals surface area contributed by atoms with E-state index >= 15 is 0 Å². The molecule has 1 aliphatic rings. The summed E-state index contributed by atoms with van der Waals surface area (Å²) in [5.74, 6) is -0.722. The van der Waals surface area contributed by atoms with Crippen molar-refractivity contribution in [2.24, 2.45) is 0 Å². The largest absolute Gasteiger partial charge is 0.351 e. The summed E-state index contributed by atoms with van der Waals surface area (Å²) < 4.78 is 3.80. The van der Waals surface area contributed by atoms with E-state index in [1.165, 1.54) is 4.90 Å². The Labute approximate surface area is 183 Å². The van der Waals surface area contributed by atoms with Crippen molar-refractivity contribution in [1.82, 2.24) is 19.9 Å². The molecular formula is C21H20ClN5O2S. The highest BCUT2D eigenvalue weighted by Crippen LogP contribution is 2.31. The summed E-state index contributed by atoms with van der Waals surface area (Å²) in [6.07, 6.45) is 5.64. The van der Waals surface area contributed by atoms with Gasteiger partial charge in [0, 0.05) is 28.3 Å². The predicted molar refractivity (Wildman–Crippen MR) is 116 cm³/mol. The first-order chi connectivity index (χ1) is 14.6. The topological polar surface area (TPSA) is 88.1 Å². The molecule has 1 aromatic carbocycles. The fourth-order valence-corrected chi connectivity index (χ4v) is 4.28. The number of nitrogens with one attached hydrogen (secondary N) is 1. The Morgan fingerprint density at radius 1 is 1.17 bits per heavy atom. The molecule has 1 N–H and O–H groups in total. The second-order valence-corrected chi connectivity index (χ2v) is 8.14. The first-order valence-electron chi connectivity index (χ1n) is 9.71. The van der Waals surface area contributed by atoms with Gasteiger partial charge in [-0.15, -0.1) is 5.10 Å². The number of carbonyl (C=O) groups is 2. The minimum absolute atomic E-state index is 0.0981. The Kier molecular flexibility index (Phi) is 6.35. The van der Waals surface area contributed by atoms with E-state index in [-0.39, 0.29) is 17.6 Å². The normalized spacial score (nSPS) is 15.0. The third kappa shape index (κ3) is 4.49. The van der Waals surface area contributed by atoms with Gasteiger partial charge in [-0.3, -0.25) is 19.5 Å². The van der Waals surface area contributed by atoms with Crippen molar-refractivity contribution in [2.45, 2.75) is 37.8 Å². The number of halogens is 1. The van der Waals surface area contributed by atoms with E-state index in [0.717, 1.165) is 37.2 Å². The molecule has 1 unspecified atom stereocenters. The number of benzene rings is 1. The summed E-state index contributed by atoms with van der Waals surface area (Å²) in [6, 6.07) is 11.3. The Hall–Kier alpha value is -2.84. The molecule has 2 heterocycles. The lowest BCUT2D eigenvalue weighted by molar-refractivity contribution is -0.123. The summed E-state index contributed by atoms with van der Waals surface area (Å²) in [4.78, 5) is 32.7. The van der Waals surface area contributed by atoms with Gasteiger partial charge in [0.25, 0.3) is 5.91 Å². The Bertz CT molecular complexity index is 1010. The fraction of sp³-hybridized carbons (Fsp3) is 0.286. The molecule has 7 nitrogen and oxygen atoms in total. The number of aromatic nitrogens is 3. The first-order valence-corrected chi connectivity index (χ1v) is 10.9. The van der Waals surface area contributed by atoms with E-state index in [4.69, 9.17) is 11.6 Å². The van der Waals surface area contributed by atoms with E-state index < -0.39 is 11.9 Å². The molecule has 1 atom stereocenters. The van der Waals surface area contributed by atoms with Gasteiger partial charge in [-0.05, 0) is 54.7 Å². The minimum Gasteiger partial charge on any atom is -0.351 e. The summed E-state index contributed by atoms with van der Waals surface area (Å²) in [7, 11) is 0. The molecule has 4 rings (SSSR count). The van der Waals surface area contributed by atoms with Gasteiger partial charge >= 0.3 is 0 Å². The molecule has 2 aromatic heterocycles. The van der Waals surface area contributed by atoms with E-state index in [9.17, 15) is 9.59 Å². The zero-order valence-electron chi connectivity index (χ0n) is 16.1. The zero-order valence-corrected chi connectivity index (χ0v) is 17.6. The van der Waals surface area contributed by atoms with E-state index in [2.05, 4.69) is 19.9 Å². The number of carbonyl (C=O) groups excluding carboxylic acids is 2. The maximum atomic E-state index is 13.5. The molecule has 3 aromatic rings. The molecular weight excluding hydrogens is 422 g/mol. The van der Waals surface area contributed by atoms with Crippen LogP contribution in [0.4, 0.5) is 5.69 Å². The van der Waals surface area contributed by atoms with Crippen molar-refractivity contribution >= 4 is 40.6 Å². The van der Waals surface area contributed by atoms with Crippen LogP contribution in [-0.4, -0.2) is 32.4 Å². The van der Waals surface area contributed by atoms with Crippen LogP contribution in [0, 0.1) is 0 Å². The number of hydrogen-bond acceptors (Lipinski definition) is 6. The molecule has 154 valence electrons. The second kappa shape index (κ2) is 9.32. The van der Waals surface area contributed by atoms with Crippen LogP contribution in [0.5, 0.6) is 0 Å². The van der Waals surface area contributed by atoms with Gasteiger partial charge in [0.2, 0.25) is 5.91 Å². The SMILES string of the molecule is O=C(NC1CCCC1)C(c1ccccn1)N(C(=O)c1csnn1)c1cccc(Cl)c1. The number of pyridine rings is 1. The number of rotatable bonds is 6. The first kappa shape index (κ1) is 20.4. The highest BCUT2D eigenvalue weighted by molar-refractivity contribution is 7.03. The van der Waals surface area contributed by atoms with Crippen molar-refractivity contribution in [3.63, 3.8) is 0 Å². The average molecular weight is 442 g/mol. The van der Waals surface area contributed by atoms with Crippen molar-refractivity contribution in [2.75, 3.05) is 4.90 Å². The van der Waals surface area contributed by atoms with Gasteiger partial charge in [-0.2, -0.15) is 0 Å². The average Bonchev–Trinajstić information content (AvgIpc) is 3.46. The maximum Gasteiger partial charge on any atom is 0.280 e. The lowest BCUT2D eigenvalue weighted by Crippen LogP contribution is -2.46. The smallest absolute Gasteiger partial charge is 0.280 e. The molecule has 9 heteroatoms. The van der Waals surface area contributed by atoms with Crippen molar-refractivity contribution < 1.29 is 9.59 Å². The molecule has 1 fully saturated rings. The molecule has 0 spiro atoms. The molecule has 0 aliphatic heterocycles. The van der Waals surface area contributed by atoms with Crippen LogP contribution in [0.2, 0.25) is 5.02 Å². The van der Waals surface area contributed by atoms with Crippen LogP contribution < -0.4 is 10.2 Å². The highest BCUT2D eigenvalue weighted by Gasteiger charge is 2.36. The third-order valence-electron chi connectivity index (χ3n) is 5.06. The number of hydrogen-bond donors (Lipinski definition) is 1. The quantitative estimate of drug-likeness (QED) is 0.623. The molecule has 2 amide bonds. The van der Waals surface area contributed by atoms with Gasteiger partial charge in [-0.1, -0.05) is 41.1 Å². The maximum absolute atomic E-state index is 13.5. The lowest BCUT2D eigenvalue weighted by Gasteiger charge is -2.31. The van der Waals surface area contributed by atoms with Crippen LogP contribution in [0.3, 0.4) is 0 Å². The van der Waals surface area contributed by atoms with Gasteiger partial charge < -0.3 is 5.32 Å². The highest BCUT2D eigenvalue weighted by atomic mass is 35.5. The van der Waals surface area contributed by atoms with Gasteiger partial charge in [-0.25, -0.2) is 0 Å². The van der Waals surface area contributed by atoms with Crippen LogP contribution in [-0.2, 0) is 4.79 Å². The Morgan fingerprint density at radius 2 is 2.00 bits per heavy atom. The summed E-state index contributed by atoms with van der Waals surface area (Å²) >= 11 is 7.28. The predicted octanol–water partition coefficient (Wildman–Crippen LogP) is 4.03. The van der Waals surface area contributed by atoms with Crippen LogP contribution in [0.1, 0.15) is 47.9 Å². The Balaban J connectivity index is 1.79. The van der Waals surface area contributed by atoms with Gasteiger partial charge in [0.1, 0.15) is 0 Å². The lowest BCUT2D eigenvalue weighted by atomic mass is 10.1. The molecule has 30 heavy (non-hydrogen) atoms. The van der Waals surface area contributed by atoms with Gasteiger partial charge in [0.15, 0.2) is 11.7 Å². The summed E-state index contributed by atoms with van der Waals surface area (Å²) in [6.45, 7) is 0. The third-order valence-corrected chi connectivity index (χ3v) is 5.80. The number of nitrogens with zero attached hydrogens (tertiary/aromatic N) is 4. The van der Waals surface area contributed by atoms with Gasteiger partial charge in [0.05, 0.1) is 5.69 Å². The summed E-state index contributed by atoms with van der Waals surface area (Å²) in [5, 5.41) is 9.04.